The van der Waals surface area contributed by atoms with E-state index in [0.717, 1.165) is 16.7 Å². The Balaban J connectivity index is 1.92. The van der Waals surface area contributed by atoms with Crippen LogP contribution < -0.4 is 43.8 Å². The second-order valence-corrected chi connectivity index (χ2v) is 15.7. The number of hydrogen-bond acceptors (Lipinski definition) is 9. The molecule has 3 rings (SSSR count). The fourth-order valence-corrected chi connectivity index (χ4v) is 7.20. The smallest absolute Gasteiger partial charge is 0.326 e. The zero-order chi connectivity index (χ0) is 42.8. The largest absolute Gasteiger partial charge is 0.480 e. The summed E-state index contributed by atoms with van der Waals surface area (Å²) in [5.74, 6) is -4.41. The van der Waals surface area contributed by atoms with Crippen molar-refractivity contribution in [3.63, 3.8) is 0 Å². The third-order valence-corrected chi connectivity index (χ3v) is 10.4. The van der Waals surface area contributed by atoms with Crippen LogP contribution in [0.25, 0.3) is 6.08 Å². The first kappa shape index (κ1) is 47.3. The van der Waals surface area contributed by atoms with Crippen molar-refractivity contribution >= 4 is 41.6 Å². The molecule has 12 N–H and O–H groups in total. The Morgan fingerprint density at radius 3 is 1.86 bits per heavy atom. The summed E-state index contributed by atoms with van der Waals surface area (Å²) >= 11 is 0. The van der Waals surface area contributed by atoms with Gasteiger partial charge in [-0.3, -0.25) is 24.0 Å². The monoisotopic (exact) mass is 804 g/mol. The normalized spacial score (nSPS) is 18.5. The van der Waals surface area contributed by atoms with Crippen LogP contribution >= 0.6 is 0 Å². The lowest BCUT2D eigenvalue weighted by molar-refractivity contribution is -0.143. The Hall–Kier alpha value is -5.12. The molecule has 0 radical (unpaired) electrons. The average molecular weight is 805 g/mol. The number of aliphatic carboxylic acids is 1. The molecule has 0 bridgehead atoms. The molecule has 15 nitrogen and oxygen atoms in total. The number of benzene rings is 1. The summed E-state index contributed by atoms with van der Waals surface area (Å²) in [4.78, 5) is 80.7. The summed E-state index contributed by atoms with van der Waals surface area (Å²) in [6.45, 7) is 9.72. The molecule has 1 aromatic rings. The molecule has 58 heavy (non-hydrogen) atoms. The number of carbonyl (C=O) groups excluding carboxylic acids is 5. The van der Waals surface area contributed by atoms with Gasteiger partial charge < -0.3 is 48.9 Å². The number of unbranched alkanes of at least 4 members (excludes halogenated alkanes) is 2. The molecule has 2 aliphatic rings. The van der Waals surface area contributed by atoms with E-state index in [0.29, 0.717) is 45.2 Å². The lowest BCUT2D eigenvalue weighted by Gasteiger charge is -2.40. The Morgan fingerprint density at radius 2 is 1.29 bits per heavy atom. The minimum Gasteiger partial charge on any atom is -0.480 e. The maximum atomic E-state index is 14.2. The van der Waals surface area contributed by atoms with Crippen molar-refractivity contribution in [3.8, 4) is 0 Å². The lowest BCUT2D eigenvalue weighted by atomic mass is 9.65. The highest BCUT2D eigenvalue weighted by Crippen LogP contribution is 2.45. The van der Waals surface area contributed by atoms with Gasteiger partial charge in [-0.05, 0) is 107 Å². The third-order valence-electron chi connectivity index (χ3n) is 10.4. The maximum Gasteiger partial charge on any atom is 0.326 e. The molecule has 15 heteroatoms. The van der Waals surface area contributed by atoms with Crippen LogP contribution in [-0.4, -0.2) is 90.0 Å². The van der Waals surface area contributed by atoms with Gasteiger partial charge in [-0.1, -0.05) is 74.6 Å². The van der Waals surface area contributed by atoms with Gasteiger partial charge in [0.1, 0.15) is 30.2 Å². The van der Waals surface area contributed by atoms with Crippen LogP contribution in [0.4, 0.5) is 0 Å². The summed E-state index contributed by atoms with van der Waals surface area (Å²) in [5.41, 5.74) is 19.4. The highest BCUT2D eigenvalue weighted by Gasteiger charge is 2.41. The second kappa shape index (κ2) is 23.3. The van der Waals surface area contributed by atoms with E-state index in [1.54, 1.807) is 0 Å². The minimum absolute atomic E-state index is 0.0288. The van der Waals surface area contributed by atoms with Crippen LogP contribution in [0.5, 0.6) is 0 Å². The molecule has 2 aliphatic carbocycles. The van der Waals surface area contributed by atoms with Gasteiger partial charge in [0, 0.05) is 5.41 Å². The first-order valence-electron chi connectivity index (χ1n) is 20.3. The molecule has 0 spiro atoms. The van der Waals surface area contributed by atoms with E-state index in [9.17, 15) is 33.9 Å². The van der Waals surface area contributed by atoms with Crippen LogP contribution in [0.2, 0.25) is 0 Å². The van der Waals surface area contributed by atoms with Gasteiger partial charge in [0.15, 0.2) is 0 Å². The molecule has 1 aromatic carbocycles. The first-order valence-corrected chi connectivity index (χ1v) is 20.3. The number of rotatable bonds is 25. The summed E-state index contributed by atoms with van der Waals surface area (Å²) in [5, 5.41) is 23.7. The van der Waals surface area contributed by atoms with Gasteiger partial charge in [-0.2, -0.15) is 0 Å². The van der Waals surface area contributed by atoms with Crippen LogP contribution in [0.1, 0.15) is 89.7 Å². The molecule has 0 saturated heterocycles. The number of carboxylic acids is 1. The highest BCUT2D eigenvalue weighted by atomic mass is 16.4. The van der Waals surface area contributed by atoms with Gasteiger partial charge in [0.25, 0.3) is 0 Å². The molecule has 0 fully saturated rings. The summed E-state index contributed by atoms with van der Waals surface area (Å²) in [6.07, 6.45) is 14.7. The zero-order valence-corrected chi connectivity index (χ0v) is 34.1. The van der Waals surface area contributed by atoms with E-state index >= 15 is 0 Å². The predicted octanol–water partition coefficient (Wildman–Crippen LogP) is 1.86. The third kappa shape index (κ3) is 14.1. The number of fused-ring (bicyclic) bond motifs is 2. The minimum atomic E-state index is -1.22. The molecular formula is C43H64N8O7. The molecular weight excluding hydrogens is 741 g/mol. The lowest BCUT2D eigenvalue weighted by Crippen LogP contribution is -2.59. The molecule has 318 valence electrons. The number of nitrogens with two attached hydrogens (primary N) is 3. The van der Waals surface area contributed by atoms with Crippen molar-refractivity contribution in [1.82, 2.24) is 26.6 Å². The zero-order valence-electron chi connectivity index (χ0n) is 34.1. The van der Waals surface area contributed by atoms with Crippen LogP contribution in [0.15, 0.2) is 66.8 Å². The number of nitrogens with one attached hydrogen (secondary N) is 5. The number of carboxylic acid groups (broad SMARTS) is 1. The fourth-order valence-electron chi connectivity index (χ4n) is 7.20. The maximum absolute atomic E-state index is 14.2. The van der Waals surface area contributed by atoms with Crippen molar-refractivity contribution in [1.29, 1.82) is 0 Å². The second-order valence-electron chi connectivity index (χ2n) is 15.7. The summed E-state index contributed by atoms with van der Waals surface area (Å²) in [6, 6.07) is 1.31. The van der Waals surface area contributed by atoms with Crippen molar-refractivity contribution in [2.24, 2.45) is 28.5 Å². The quantitative estimate of drug-likeness (QED) is 0.0512. The molecule has 0 heterocycles. The standard InChI is InChI=1S/C43H64N8O7/c1-5-14-32(48-40(55)34(19-10-13-22-45)49-39(54)33(18-9-12-21-44)47-37(52)28(4)46)38(53)51-36(41(56)50-35(42(57)58)23-27(2)3)26-43-20-11-8-17-31(43)24-29-15-6-7-16-30(29)25-43/h5-8,11,15-17,20,24,27-28,32-36H,1,9-10,12-14,18-19,21-23,25-26,44-46H2,2-4H3,(H,47,52)(H,48,55)(H,49,54)(H,50,56)(H,51,53)(H,57,58)/t28-,32-,33-,34-,35-,36-,43?/m0/s1. The van der Waals surface area contributed by atoms with Gasteiger partial charge in [-0.15, -0.1) is 6.58 Å². The molecule has 0 aromatic heterocycles. The summed E-state index contributed by atoms with van der Waals surface area (Å²) in [7, 11) is 0. The Morgan fingerprint density at radius 1 is 0.759 bits per heavy atom. The van der Waals surface area contributed by atoms with Crippen molar-refractivity contribution in [2.75, 3.05) is 13.1 Å². The van der Waals surface area contributed by atoms with Crippen molar-refractivity contribution < 1.29 is 33.9 Å². The van der Waals surface area contributed by atoms with Crippen molar-refractivity contribution in [3.05, 3.63) is 77.9 Å². The Bertz CT molecular complexity index is 1710. The number of amides is 5. The van der Waals surface area contributed by atoms with Crippen molar-refractivity contribution in [2.45, 2.75) is 121 Å². The molecule has 5 amide bonds. The van der Waals surface area contributed by atoms with Gasteiger partial charge in [-0.25, -0.2) is 4.79 Å². The van der Waals surface area contributed by atoms with E-state index in [-0.39, 0.29) is 38.0 Å². The van der Waals surface area contributed by atoms with Crippen LogP contribution in [-0.2, 0) is 35.2 Å². The van der Waals surface area contributed by atoms with E-state index in [1.165, 1.54) is 13.0 Å². The van der Waals surface area contributed by atoms with E-state index in [2.05, 4.69) is 39.2 Å². The topological polar surface area (TPSA) is 261 Å². The number of hydrogen-bond donors (Lipinski definition) is 9. The summed E-state index contributed by atoms with van der Waals surface area (Å²) < 4.78 is 0. The van der Waals surface area contributed by atoms with E-state index in [1.807, 2.05) is 62.4 Å². The molecule has 1 unspecified atom stereocenters. The SMILES string of the molecule is C=CC[C@H](NC(=O)[C@H](CCCCN)NC(=O)[C@H](CCCCN)NC(=O)[C@H](C)N)C(=O)N[C@@H](CC12C=CC=CC1=Cc1ccccc1C2)C(=O)N[C@@H](CC(C)C)C(=O)O. The molecule has 7 atom stereocenters. The fraction of sp³-hybridized carbons (Fsp3) is 0.535. The molecule has 0 aliphatic heterocycles. The highest BCUT2D eigenvalue weighted by molar-refractivity contribution is 5.96. The van der Waals surface area contributed by atoms with Gasteiger partial charge in [0.05, 0.1) is 6.04 Å². The van der Waals surface area contributed by atoms with Crippen LogP contribution in [0.3, 0.4) is 0 Å². The predicted molar refractivity (Wildman–Crippen MR) is 224 cm³/mol. The Kier molecular flexibility index (Phi) is 19.0. The van der Waals surface area contributed by atoms with Gasteiger partial charge in [0.2, 0.25) is 29.5 Å². The van der Waals surface area contributed by atoms with E-state index in [4.69, 9.17) is 17.2 Å². The average Bonchev–Trinajstić information content (AvgIpc) is 3.18. The van der Waals surface area contributed by atoms with Crippen LogP contribution in [0, 0.1) is 11.3 Å². The van der Waals surface area contributed by atoms with E-state index < -0.39 is 77.2 Å². The van der Waals surface area contributed by atoms with Gasteiger partial charge >= 0.3 is 5.97 Å². The first-order chi connectivity index (χ1) is 27.6. The molecule has 0 saturated carbocycles. The number of allylic oxidation sites excluding steroid dienone is 5. The Labute approximate surface area is 342 Å². The number of carbonyl (C=O) groups is 6.